The van der Waals surface area contributed by atoms with Crippen molar-refractivity contribution in [2.45, 2.75) is 0 Å². The molecule has 88 valence electrons. The number of aromatic nitrogens is 2. The fraction of sp³-hybridized carbons (Fsp3) is 0. The highest BCUT2D eigenvalue weighted by atomic mass is 19.1. The van der Waals surface area contributed by atoms with Gasteiger partial charge in [0.05, 0.1) is 11.9 Å². The van der Waals surface area contributed by atoms with Crippen molar-refractivity contribution in [3.63, 3.8) is 0 Å². The third kappa shape index (κ3) is 1.89. The molecule has 0 saturated carbocycles. The summed E-state index contributed by atoms with van der Waals surface area (Å²) in [6, 6.07) is 3.60. The van der Waals surface area contributed by atoms with Crippen molar-refractivity contribution in [2.75, 3.05) is 5.73 Å². The van der Waals surface area contributed by atoms with Crippen LogP contribution in [0.4, 0.5) is 10.2 Å². The van der Waals surface area contributed by atoms with Crippen molar-refractivity contribution in [1.29, 1.82) is 0 Å². The Kier molecular flexibility index (Phi) is 2.43. The number of nitrogen functional groups attached to an aromatic ring is 1. The Balaban J connectivity index is 2.64. The van der Waals surface area contributed by atoms with Gasteiger partial charge in [-0.25, -0.2) is 9.18 Å². The van der Waals surface area contributed by atoms with E-state index >= 15 is 0 Å². The number of nitrogens with zero attached hydrogens (tertiary/aromatic N) is 2. The number of benzene rings is 1. The maximum atomic E-state index is 13.2. The molecule has 1 heterocycles. The van der Waals surface area contributed by atoms with E-state index in [4.69, 9.17) is 10.8 Å². The molecule has 1 aromatic heterocycles. The molecule has 7 heteroatoms. The molecule has 0 fully saturated rings. The molecular weight excluding hydrogens is 229 g/mol. The second-order valence-corrected chi connectivity index (χ2v) is 3.30. The first-order chi connectivity index (χ1) is 7.99. The molecule has 0 aliphatic carbocycles. The number of phenols is 2. The van der Waals surface area contributed by atoms with Crippen LogP contribution in [0.25, 0.3) is 5.69 Å². The van der Waals surface area contributed by atoms with E-state index in [0.717, 1.165) is 16.8 Å². The van der Waals surface area contributed by atoms with Crippen LogP contribution in [0.5, 0.6) is 11.5 Å². The number of halogens is 1. The van der Waals surface area contributed by atoms with Crippen molar-refractivity contribution in [3.05, 3.63) is 40.7 Å². The predicted octanol–water partition coefficient (Wildman–Crippen LogP) is 0.365. The van der Waals surface area contributed by atoms with Crippen LogP contribution in [-0.2, 0) is 0 Å². The summed E-state index contributed by atoms with van der Waals surface area (Å²) in [5.74, 6) is -2.11. The fourth-order valence-corrected chi connectivity index (χ4v) is 1.29. The maximum absolute atomic E-state index is 13.2. The van der Waals surface area contributed by atoms with Gasteiger partial charge in [0.25, 0.3) is 0 Å². The quantitative estimate of drug-likeness (QED) is 0.622. The number of hydrogen-bond acceptors (Lipinski definition) is 5. The fourth-order valence-electron chi connectivity index (χ4n) is 1.29. The van der Waals surface area contributed by atoms with Gasteiger partial charge in [0.1, 0.15) is 0 Å². The lowest BCUT2D eigenvalue weighted by Crippen LogP contribution is -2.23. The van der Waals surface area contributed by atoms with Gasteiger partial charge in [-0.05, 0) is 12.1 Å². The average molecular weight is 237 g/mol. The van der Waals surface area contributed by atoms with E-state index < -0.39 is 23.1 Å². The van der Waals surface area contributed by atoms with Gasteiger partial charge in [-0.3, -0.25) is 4.57 Å². The summed E-state index contributed by atoms with van der Waals surface area (Å²) in [6.07, 6.45) is 0.858. The summed E-state index contributed by atoms with van der Waals surface area (Å²) in [5.41, 5.74) is 4.51. The second-order valence-electron chi connectivity index (χ2n) is 3.30. The highest BCUT2D eigenvalue weighted by Crippen LogP contribution is 2.26. The summed E-state index contributed by atoms with van der Waals surface area (Å²) in [5, 5.41) is 18.4. The lowest BCUT2D eigenvalue weighted by Gasteiger charge is -2.06. The van der Waals surface area contributed by atoms with Crippen molar-refractivity contribution >= 4 is 5.82 Å². The van der Waals surface area contributed by atoms with Crippen LogP contribution in [0.3, 0.4) is 0 Å². The first kappa shape index (κ1) is 10.9. The maximum Gasteiger partial charge on any atom is 0.354 e. The molecule has 2 rings (SSSR count). The molecule has 0 unspecified atom stereocenters. The van der Waals surface area contributed by atoms with Crippen LogP contribution in [-0.4, -0.2) is 19.8 Å². The second kappa shape index (κ2) is 3.78. The lowest BCUT2D eigenvalue weighted by molar-refractivity contribution is 0.403. The Labute approximate surface area is 94.4 Å². The number of aromatic hydroxyl groups is 2. The Hall–Kier alpha value is -2.57. The normalized spacial score (nSPS) is 10.4. The summed E-state index contributed by atoms with van der Waals surface area (Å²) < 4.78 is 14.0. The van der Waals surface area contributed by atoms with E-state index in [2.05, 4.69) is 4.98 Å². The summed E-state index contributed by atoms with van der Waals surface area (Å²) >= 11 is 0. The van der Waals surface area contributed by atoms with Crippen molar-refractivity contribution in [1.82, 2.24) is 9.55 Å². The number of phenolic OH excluding ortho intramolecular Hbond substituents is 2. The molecular formula is C10H8FN3O3. The van der Waals surface area contributed by atoms with Crippen LogP contribution in [0.2, 0.25) is 0 Å². The first-order valence-electron chi connectivity index (χ1n) is 4.56. The Morgan fingerprint density at radius 2 is 2.00 bits per heavy atom. The molecule has 1 aromatic carbocycles. The minimum atomic E-state index is -0.850. The summed E-state index contributed by atoms with van der Waals surface area (Å²) in [7, 11) is 0. The van der Waals surface area contributed by atoms with Gasteiger partial charge in [0.15, 0.2) is 23.1 Å². The Morgan fingerprint density at radius 1 is 1.29 bits per heavy atom. The van der Waals surface area contributed by atoms with Gasteiger partial charge in [0, 0.05) is 6.07 Å². The number of hydrogen-bond donors (Lipinski definition) is 3. The van der Waals surface area contributed by atoms with E-state index in [1.165, 1.54) is 12.1 Å². The SMILES string of the molecule is Nc1nc(=O)n(-c2ccc(O)c(O)c2)cc1F. The van der Waals surface area contributed by atoms with Crippen LogP contribution in [0, 0.1) is 5.82 Å². The van der Waals surface area contributed by atoms with E-state index in [1.807, 2.05) is 0 Å². The van der Waals surface area contributed by atoms with E-state index in [9.17, 15) is 14.3 Å². The first-order valence-corrected chi connectivity index (χ1v) is 4.56. The lowest BCUT2D eigenvalue weighted by atomic mass is 10.2. The average Bonchev–Trinajstić information content (AvgIpc) is 2.27. The van der Waals surface area contributed by atoms with Crippen LogP contribution < -0.4 is 11.4 Å². The van der Waals surface area contributed by atoms with Crippen molar-refractivity contribution in [2.24, 2.45) is 0 Å². The van der Waals surface area contributed by atoms with Crippen LogP contribution in [0.15, 0.2) is 29.2 Å². The molecule has 0 spiro atoms. The van der Waals surface area contributed by atoms with E-state index in [1.54, 1.807) is 0 Å². The zero-order valence-electron chi connectivity index (χ0n) is 8.46. The predicted molar refractivity (Wildman–Crippen MR) is 57.5 cm³/mol. The minimum Gasteiger partial charge on any atom is -0.504 e. The number of rotatable bonds is 1. The minimum absolute atomic E-state index is 0.164. The Morgan fingerprint density at radius 3 is 2.65 bits per heavy atom. The topological polar surface area (TPSA) is 101 Å². The largest absolute Gasteiger partial charge is 0.504 e. The molecule has 0 saturated heterocycles. The molecule has 0 radical (unpaired) electrons. The van der Waals surface area contributed by atoms with Gasteiger partial charge < -0.3 is 15.9 Å². The molecule has 0 bridgehead atoms. The number of anilines is 1. The molecule has 0 aliphatic rings. The summed E-state index contributed by atoms with van der Waals surface area (Å²) in [6.45, 7) is 0. The highest BCUT2D eigenvalue weighted by molar-refractivity contribution is 5.47. The monoisotopic (exact) mass is 237 g/mol. The van der Waals surface area contributed by atoms with Gasteiger partial charge in [0.2, 0.25) is 0 Å². The highest BCUT2D eigenvalue weighted by Gasteiger charge is 2.08. The molecule has 0 aliphatic heterocycles. The zero-order chi connectivity index (χ0) is 12.6. The smallest absolute Gasteiger partial charge is 0.354 e. The zero-order valence-corrected chi connectivity index (χ0v) is 8.46. The van der Waals surface area contributed by atoms with E-state index in [-0.39, 0.29) is 11.4 Å². The van der Waals surface area contributed by atoms with Crippen molar-refractivity contribution < 1.29 is 14.6 Å². The van der Waals surface area contributed by atoms with Gasteiger partial charge in [-0.15, -0.1) is 0 Å². The Bertz CT molecular complexity index is 639. The van der Waals surface area contributed by atoms with Gasteiger partial charge in [-0.2, -0.15) is 4.98 Å². The molecule has 6 nitrogen and oxygen atoms in total. The van der Waals surface area contributed by atoms with Crippen LogP contribution in [0.1, 0.15) is 0 Å². The molecule has 4 N–H and O–H groups in total. The van der Waals surface area contributed by atoms with Crippen molar-refractivity contribution in [3.8, 4) is 17.2 Å². The molecule has 2 aromatic rings. The summed E-state index contributed by atoms with van der Waals surface area (Å²) in [4.78, 5) is 14.7. The van der Waals surface area contributed by atoms with E-state index in [0.29, 0.717) is 0 Å². The molecule has 0 atom stereocenters. The number of nitrogens with two attached hydrogens (primary N) is 1. The third-order valence-electron chi connectivity index (χ3n) is 2.15. The van der Waals surface area contributed by atoms with Crippen LogP contribution >= 0.6 is 0 Å². The molecule has 17 heavy (non-hydrogen) atoms. The standard InChI is InChI=1S/C10H8FN3O3/c11-6-4-14(10(17)13-9(6)12)5-1-2-7(15)8(16)3-5/h1-4,15-16H,(H2,12,13,17). The van der Waals surface area contributed by atoms with Gasteiger partial charge >= 0.3 is 5.69 Å². The third-order valence-corrected chi connectivity index (χ3v) is 2.15. The van der Waals surface area contributed by atoms with Gasteiger partial charge in [-0.1, -0.05) is 0 Å². The molecule has 0 amide bonds.